The molecule has 2 bridgehead atoms. The molecule has 0 aliphatic carbocycles. The summed E-state index contributed by atoms with van der Waals surface area (Å²) < 4.78 is 3.10. The molecule has 2 aromatic heterocycles. The molecular formula is C24H24N4O3. The number of carbonyl (C=O) groups is 1. The first kappa shape index (κ1) is 19.5. The van der Waals surface area contributed by atoms with E-state index in [-0.39, 0.29) is 35.4 Å². The summed E-state index contributed by atoms with van der Waals surface area (Å²) >= 11 is 0. The Balaban J connectivity index is 1.42. The molecule has 1 amide bonds. The highest BCUT2D eigenvalue weighted by molar-refractivity contribution is 5.76. The predicted molar refractivity (Wildman–Crippen MR) is 117 cm³/mol. The molecule has 2 atom stereocenters. The van der Waals surface area contributed by atoms with E-state index in [1.807, 2.05) is 39.8 Å². The van der Waals surface area contributed by atoms with Gasteiger partial charge in [0.25, 0.3) is 11.1 Å². The Kier molecular flexibility index (Phi) is 4.81. The minimum atomic E-state index is -0.277. The molecule has 0 spiro atoms. The van der Waals surface area contributed by atoms with Gasteiger partial charge < -0.3 is 9.47 Å². The van der Waals surface area contributed by atoms with E-state index in [2.05, 4.69) is 11.2 Å². The quantitative estimate of drug-likeness (QED) is 0.655. The average Bonchev–Trinajstić information content (AvgIpc) is 2.77. The number of benzene rings is 1. The lowest BCUT2D eigenvalue weighted by Crippen LogP contribution is -2.50. The lowest BCUT2D eigenvalue weighted by atomic mass is 9.82. The minimum absolute atomic E-state index is 0.0151. The molecule has 7 heteroatoms. The molecule has 0 radical (unpaired) electrons. The highest BCUT2D eigenvalue weighted by atomic mass is 16.2. The second-order valence-corrected chi connectivity index (χ2v) is 8.55. The fraction of sp³-hybridized carbons (Fsp3) is 0.333. The number of nitrogens with zero attached hydrogens (tertiary/aromatic N) is 4. The number of hydrogen-bond donors (Lipinski definition) is 0. The molecule has 0 unspecified atom stereocenters. The molecule has 2 aliphatic heterocycles. The van der Waals surface area contributed by atoms with E-state index in [9.17, 15) is 14.4 Å². The summed E-state index contributed by atoms with van der Waals surface area (Å²) in [6, 6.07) is 16.8. The summed E-state index contributed by atoms with van der Waals surface area (Å²) in [7, 11) is 0. The fourth-order valence-corrected chi connectivity index (χ4v) is 4.85. The van der Waals surface area contributed by atoms with Crippen molar-refractivity contribution in [2.24, 2.45) is 5.92 Å². The van der Waals surface area contributed by atoms with Crippen LogP contribution in [0.4, 0.5) is 0 Å². The molecule has 5 rings (SSSR count). The van der Waals surface area contributed by atoms with Crippen LogP contribution in [0, 0.1) is 12.8 Å². The number of aromatic nitrogens is 3. The van der Waals surface area contributed by atoms with Crippen LogP contribution in [-0.2, 0) is 17.9 Å². The highest BCUT2D eigenvalue weighted by Crippen LogP contribution is 2.36. The maximum absolute atomic E-state index is 13.0. The summed E-state index contributed by atoms with van der Waals surface area (Å²) in [4.78, 5) is 39.7. The molecule has 4 heterocycles. The van der Waals surface area contributed by atoms with Crippen molar-refractivity contribution in [2.45, 2.75) is 32.4 Å². The van der Waals surface area contributed by atoms with Gasteiger partial charge in [-0.2, -0.15) is 5.10 Å². The van der Waals surface area contributed by atoms with Gasteiger partial charge in [-0.25, -0.2) is 4.68 Å². The minimum Gasteiger partial charge on any atom is -0.340 e. The number of rotatable bonds is 3. The van der Waals surface area contributed by atoms with Gasteiger partial charge in [-0.1, -0.05) is 30.3 Å². The van der Waals surface area contributed by atoms with Crippen LogP contribution in [0.3, 0.4) is 0 Å². The van der Waals surface area contributed by atoms with Gasteiger partial charge >= 0.3 is 0 Å². The van der Waals surface area contributed by atoms with E-state index in [0.29, 0.717) is 25.3 Å². The molecule has 7 nitrogen and oxygen atoms in total. The zero-order valence-electron chi connectivity index (χ0n) is 17.4. The maximum atomic E-state index is 13.0. The first-order valence-electron chi connectivity index (χ1n) is 10.6. The van der Waals surface area contributed by atoms with Gasteiger partial charge in [-0.3, -0.25) is 14.4 Å². The fourth-order valence-electron chi connectivity index (χ4n) is 4.85. The zero-order valence-corrected chi connectivity index (χ0v) is 17.4. The second kappa shape index (κ2) is 7.65. The number of likely N-dealkylation sites (tertiary alicyclic amines) is 1. The smallest absolute Gasteiger partial charge is 0.267 e. The van der Waals surface area contributed by atoms with E-state index in [1.54, 1.807) is 19.1 Å². The Morgan fingerprint density at radius 1 is 0.968 bits per heavy atom. The molecule has 1 fully saturated rings. The van der Waals surface area contributed by atoms with Gasteiger partial charge in [0.05, 0.1) is 5.69 Å². The Bertz CT molecular complexity index is 1260. The molecule has 0 N–H and O–H groups in total. The number of fused-ring (bicyclic) bond motifs is 4. The average molecular weight is 416 g/mol. The van der Waals surface area contributed by atoms with E-state index in [1.165, 1.54) is 10.7 Å². The lowest BCUT2D eigenvalue weighted by Gasteiger charge is -2.43. The van der Waals surface area contributed by atoms with Crippen molar-refractivity contribution in [1.29, 1.82) is 0 Å². The molecule has 31 heavy (non-hydrogen) atoms. The Labute approximate surface area is 179 Å². The third kappa shape index (κ3) is 3.71. The van der Waals surface area contributed by atoms with E-state index < -0.39 is 0 Å². The molecular weight excluding hydrogens is 392 g/mol. The highest BCUT2D eigenvalue weighted by Gasteiger charge is 2.36. The normalized spacial score (nSPS) is 19.7. The summed E-state index contributed by atoms with van der Waals surface area (Å²) in [5.41, 5.74) is 3.35. The standard InChI is InChI=1S/C24H24N4O3/c1-16-7-8-22(29)28(25-16)15-24(31)26-12-17-9-20(14-26)21-10-19(11-23(30)27(21)13-17)18-5-3-2-4-6-18/h2-8,10-11,17,20H,9,12-15H2,1H3/t17-,20+/m0/s1. The van der Waals surface area contributed by atoms with Crippen molar-refractivity contribution in [3.63, 3.8) is 0 Å². The third-order valence-electron chi connectivity index (χ3n) is 6.30. The monoisotopic (exact) mass is 416 g/mol. The van der Waals surface area contributed by atoms with Crippen LogP contribution in [0.15, 0.2) is 64.2 Å². The molecule has 3 aromatic rings. The Hall–Kier alpha value is -3.48. The van der Waals surface area contributed by atoms with Crippen molar-refractivity contribution in [3.05, 3.63) is 86.7 Å². The van der Waals surface area contributed by atoms with Crippen LogP contribution >= 0.6 is 0 Å². The molecule has 1 saturated heterocycles. The van der Waals surface area contributed by atoms with Crippen molar-refractivity contribution in [1.82, 2.24) is 19.2 Å². The summed E-state index contributed by atoms with van der Waals surface area (Å²) in [6.45, 7) is 3.50. The number of pyridine rings is 1. The number of amides is 1. The van der Waals surface area contributed by atoms with E-state index in [0.717, 1.165) is 23.2 Å². The molecule has 0 saturated carbocycles. The lowest BCUT2D eigenvalue weighted by molar-refractivity contribution is -0.134. The number of piperidine rings is 1. The Morgan fingerprint density at radius 3 is 2.58 bits per heavy atom. The van der Waals surface area contributed by atoms with Crippen molar-refractivity contribution in [2.75, 3.05) is 13.1 Å². The second-order valence-electron chi connectivity index (χ2n) is 8.55. The van der Waals surface area contributed by atoms with Crippen LogP contribution < -0.4 is 11.1 Å². The number of hydrogen-bond acceptors (Lipinski definition) is 4. The van der Waals surface area contributed by atoms with Crippen LogP contribution in [0.5, 0.6) is 0 Å². The number of aryl methyl sites for hydroxylation is 1. The predicted octanol–water partition coefficient (Wildman–Crippen LogP) is 2.03. The van der Waals surface area contributed by atoms with Crippen LogP contribution in [0.2, 0.25) is 0 Å². The summed E-state index contributed by atoms with van der Waals surface area (Å²) in [6.07, 6.45) is 0.962. The third-order valence-corrected chi connectivity index (χ3v) is 6.30. The summed E-state index contributed by atoms with van der Waals surface area (Å²) in [5.74, 6) is 0.234. The number of carbonyl (C=O) groups excluding carboxylic acids is 1. The largest absolute Gasteiger partial charge is 0.340 e. The topological polar surface area (TPSA) is 77.2 Å². The SMILES string of the molecule is Cc1ccc(=O)n(CC(=O)N2C[C@@H]3C[C@H](C2)c2cc(-c4ccccc4)cc(=O)n2C3)n1. The first-order valence-corrected chi connectivity index (χ1v) is 10.6. The van der Waals surface area contributed by atoms with Crippen molar-refractivity contribution >= 4 is 5.91 Å². The van der Waals surface area contributed by atoms with E-state index in [4.69, 9.17) is 0 Å². The van der Waals surface area contributed by atoms with Crippen LogP contribution in [0.25, 0.3) is 11.1 Å². The molecule has 1 aromatic carbocycles. The van der Waals surface area contributed by atoms with Crippen LogP contribution in [-0.4, -0.2) is 38.2 Å². The van der Waals surface area contributed by atoms with Crippen molar-refractivity contribution in [3.8, 4) is 11.1 Å². The molecule has 2 aliphatic rings. The van der Waals surface area contributed by atoms with Gasteiger partial charge in [-0.05, 0) is 42.5 Å². The Morgan fingerprint density at radius 2 is 1.77 bits per heavy atom. The van der Waals surface area contributed by atoms with Gasteiger partial charge in [0.1, 0.15) is 6.54 Å². The molecule has 158 valence electrons. The van der Waals surface area contributed by atoms with Crippen molar-refractivity contribution < 1.29 is 4.79 Å². The van der Waals surface area contributed by atoms with Gasteiger partial charge in [0, 0.05) is 43.4 Å². The van der Waals surface area contributed by atoms with Crippen LogP contribution in [0.1, 0.15) is 23.7 Å². The van der Waals surface area contributed by atoms with Gasteiger partial charge in [0.15, 0.2) is 0 Å². The van der Waals surface area contributed by atoms with E-state index >= 15 is 0 Å². The first-order chi connectivity index (χ1) is 15.0. The summed E-state index contributed by atoms with van der Waals surface area (Å²) in [5, 5.41) is 4.18. The van der Waals surface area contributed by atoms with Gasteiger partial charge in [0.2, 0.25) is 5.91 Å². The van der Waals surface area contributed by atoms with Gasteiger partial charge in [-0.15, -0.1) is 0 Å². The zero-order chi connectivity index (χ0) is 21.5. The maximum Gasteiger partial charge on any atom is 0.267 e.